The number of phenols is 1. The Morgan fingerprint density at radius 2 is 2.00 bits per heavy atom. The van der Waals surface area contributed by atoms with E-state index in [1.165, 1.54) is 24.3 Å². The zero-order chi connectivity index (χ0) is 15.6. The van der Waals surface area contributed by atoms with Crippen molar-refractivity contribution in [2.75, 3.05) is 5.32 Å². The molecule has 2 aromatic rings. The molecule has 2 aromatic carbocycles. The maximum absolute atomic E-state index is 13.9. The third-order valence-electron chi connectivity index (χ3n) is 2.71. The van der Waals surface area contributed by atoms with Gasteiger partial charge in [-0.05, 0) is 36.4 Å². The molecule has 0 spiro atoms. The predicted octanol–water partition coefficient (Wildman–Crippen LogP) is 3.18. The lowest BCUT2D eigenvalue weighted by molar-refractivity contribution is 0.102. The fourth-order valence-corrected chi connectivity index (χ4v) is 2.14. The van der Waals surface area contributed by atoms with E-state index >= 15 is 0 Å². The van der Waals surface area contributed by atoms with Crippen molar-refractivity contribution in [3.8, 4) is 5.75 Å². The number of aromatic hydroxyl groups is 1. The van der Waals surface area contributed by atoms with Gasteiger partial charge in [-0.25, -0.2) is 4.39 Å². The van der Waals surface area contributed by atoms with Gasteiger partial charge in [0.1, 0.15) is 16.6 Å². The first-order valence-electron chi connectivity index (χ1n) is 5.77. The number of hydrogen-bond donors (Lipinski definition) is 3. The van der Waals surface area contributed by atoms with Crippen LogP contribution >= 0.6 is 28.1 Å². The average Bonchev–Trinajstić information content (AvgIpc) is 2.43. The number of phenolic OH excluding ortho intramolecular Hbond substituents is 1. The third kappa shape index (κ3) is 3.56. The number of carbonyl (C=O) groups excluding carboxylic acids is 1. The maximum atomic E-state index is 13.9. The molecule has 0 radical (unpaired) electrons. The number of anilines is 1. The normalized spacial score (nSPS) is 10.2. The molecule has 108 valence electrons. The highest BCUT2D eigenvalue weighted by atomic mass is 79.9. The van der Waals surface area contributed by atoms with Crippen LogP contribution < -0.4 is 11.1 Å². The van der Waals surface area contributed by atoms with E-state index in [0.29, 0.717) is 10.0 Å². The first-order chi connectivity index (χ1) is 9.88. The topological polar surface area (TPSA) is 75.3 Å². The summed E-state index contributed by atoms with van der Waals surface area (Å²) in [5.41, 5.74) is 5.77. The summed E-state index contributed by atoms with van der Waals surface area (Å²) in [6.45, 7) is 0. The number of nitrogens with one attached hydrogen (secondary N) is 1. The Labute approximate surface area is 133 Å². The molecular weight excluding hydrogens is 359 g/mol. The van der Waals surface area contributed by atoms with Crippen molar-refractivity contribution in [3.63, 3.8) is 0 Å². The van der Waals surface area contributed by atoms with E-state index in [1.807, 2.05) is 0 Å². The van der Waals surface area contributed by atoms with Crippen LogP contribution in [0.1, 0.15) is 15.9 Å². The number of carbonyl (C=O) groups is 1. The van der Waals surface area contributed by atoms with Crippen LogP contribution in [-0.4, -0.2) is 16.0 Å². The summed E-state index contributed by atoms with van der Waals surface area (Å²) in [6, 6.07) is 8.39. The Kier molecular flexibility index (Phi) is 4.54. The van der Waals surface area contributed by atoms with Gasteiger partial charge in [0.05, 0.1) is 11.3 Å². The summed E-state index contributed by atoms with van der Waals surface area (Å²) < 4.78 is 14.5. The molecule has 0 saturated heterocycles. The van der Waals surface area contributed by atoms with E-state index in [1.54, 1.807) is 6.07 Å². The first kappa shape index (κ1) is 15.4. The second-order valence-electron chi connectivity index (χ2n) is 4.17. The Morgan fingerprint density at radius 3 is 2.62 bits per heavy atom. The quantitative estimate of drug-likeness (QED) is 0.727. The molecule has 1 amide bonds. The number of amides is 1. The fourth-order valence-electron chi connectivity index (χ4n) is 1.65. The average molecular weight is 369 g/mol. The molecule has 0 aliphatic heterocycles. The van der Waals surface area contributed by atoms with Crippen LogP contribution in [0.5, 0.6) is 5.75 Å². The highest BCUT2D eigenvalue weighted by Gasteiger charge is 2.14. The lowest BCUT2D eigenvalue weighted by atomic mass is 10.1. The van der Waals surface area contributed by atoms with Crippen LogP contribution in [-0.2, 0) is 0 Å². The number of rotatable bonds is 3. The van der Waals surface area contributed by atoms with Crippen molar-refractivity contribution < 1.29 is 14.3 Å². The molecule has 0 atom stereocenters. The van der Waals surface area contributed by atoms with E-state index in [0.717, 1.165) is 6.07 Å². The predicted molar refractivity (Wildman–Crippen MR) is 86.0 cm³/mol. The monoisotopic (exact) mass is 368 g/mol. The van der Waals surface area contributed by atoms with E-state index in [4.69, 9.17) is 18.0 Å². The SMILES string of the molecule is NC(=S)c1ccc(NC(=O)c2cc(Br)ccc2O)c(F)c1. The van der Waals surface area contributed by atoms with Crippen molar-refractivity contribution in [2.45, 2.75) is 0 Å². The van der Waals surface area contributed by atoms with Crippen molar-refractivity contribution >= 4 is 44.7 Å². The van der Waals surface area contributed by atoms with Gasteiger partial charge < -0.3 is 16.2 Å². The molecule has 0 bridgehead atoms. The minimum atomic E-state index is -0.664. The van der Waals surface area contributed by atoms with Crippen molar-refractivity contribution in [1.29, 1.82) is 0 Å². The second-order valence-corrected chi connectivity index (χ2v) is 5.53. The summed E-state index contributed by atoms with van der Waals surface area (Å²) in [5.74, 6) is -1.49. The summed E-state index contributed by atoms with van der Waals surface area (Å²) in [6.07, 6.45) is 0. The van der Waals surface area contributed by atoms with Gasteiger partial charge >= 0.3 is 0 Å². The van der Waals surface area contributed by atoms with Gasteiger partial charge in [-0.3, -0.25) is 4.79 Å². The Morgan fingerprint density at radius 1 is 1.29 bits per heavy atom. The minimum Gasteiger partial charge on any atom is -0.507 e. The minimum absolute atomic E-state index is 0.0284. The van der Waals surface area contributed by atoms with Gasteiger partial charge in [-0.15, -0.1) is 0 Å². The molecule has 4 N–H and O–H groups in total. The van der Waals surface area contributed by atoms with Gasteiger partial charge in [0.15, 0.2) is 0 Å². The van der Waals surface area contributed by atoms with Gasteiger partial charge in [0.25, 0.3) is 5.91 Å². The molecule has 0 heterocycles. The van der Waals surface area contributed by atoms with Gasteiger partial charge in [0, 0.05) is 10.0 Å². The fraction of sp³-hybridized carbons (Fsp3) is 0. The Hall–Kier alpha value is -1.99. The molecule has 21 heavy (non-hydrogen) atoms. The van der Waals surface area contributed by atoms with Crippen LogP contribution in [0.2, 0.25) is 0 Å². The molecule has 0 aliphatic rings. The summed E-state index contributed by atoms with van der Waals surface area (Å²) in [4.78, 5) is 12.1. The van der Waals surface area contributed by atoms with Crippen LogP contribution in [0, 0.1) is 5.82 Å². The molecule has 0 unspecified atom stereocenters. The largest absolute Gasteiger partial charge is 0.507 e. The third-order valence-corrected chi connectivity index (χ3v) is 3.43. The van der Waals surface area contributed by atoms with E-state index in [2.05, 4.69) is 21.2 Å². The molecule has 0 aromatic heterocycles. The Bertz CT molecular complexity index is 737. The standard InChI is InChI=1S/C14H10BrFN2O2S/c15-8-2-4-12(19)9(6-8)14(20)18-11-3-1-7(13(17)21)5-10(11)16/h1-6,19H,(H2,17,21)(H,18,20). The molecule has 0 aliphatic carbocycles. The van der Waals surface area contributed by atoms with E-state index < -0.39 is 11.7 Å². The van der Waals surface area contributed by atoms with Gasteiger partial charge in [-0.2, -0.15) is 0 Å². The number of halogens is 2. The highest BCUT2D eigenvalue weighted by Crippen LogP contribution is 2.24. The lowest BCUT2D eigenvalue weighted by Gasteiger charge is -2.09. The van der Waals surface area contributed by atoms with Gasteiger partial charge in [0.2, 0.25) is 0 Å². The summed E-state index contributed by atoms with van der Waals surface area (Å²) >= 11 is 7.94. The lowest BCUT2D eigenvalue weighted by Crippen LogP contribution is -2.14. The maximum Gasteiger partial charge on any atom is 0.259 e. The molecule has 0 saturated carbocycles. The van der Waals surface area contributed by atoms with Gasteiger partial charge in [-0.1, -0.05) is 28.1 Å². The van der Waals surface area contributed by atoms with Crippen molar-refractivity contribution in [1.82, 2.24) is 0 Å². The second kappa shape index (κ2) is 6.19. The smallest absolute Gasteiger partial charge is 0.259 e. The van der Waals surface area contributed by atoms with Crippen molar-refractivity contribution in [2.24, 2.45) is 5.73 Å². The van der Waals surface area contributed by atoms with E-state index in [9.17, 15) is 14.3 Å². The van der Waals surface area contributed by atoms with E-state index in [-0.39, 0.29) is 22.0 Å². The van der Waals surface area contributed by atoms with Crippen LogP contribution in [0.25, 0.3) is 0 Å². The summed E-state index contributed by atoms with van der Waals surface area (Å²) in [5, 5.41) is 12.0. The van der Waals surface area contributed by atoms with Crippen molar-refractivity contribution in [3.05, 3.63) is 57.8 Å². The molecular formula is C14H10BrFN2O2S. The zero-order valence-electron chi connectivity index (χ0n) is 10.6. The zero-order valence-corrected chi connectivity index (χ0v) is 13.0. The molecule has 4 nitrogen and oxygen atoms in total. The Balaban J connectivity index is 2.27. The molecule has 7 heteroatoms. The number of hydrogen-bond acceptors (Lipinski definition) is 3. The highest BCUT2D eigenvalue weighted by molar-refractivity contribution is 9.10. The van der Waals surface area contributed by atoms with Crippen LogP contribution in [0.3, 0.4) is 0 Å². The van der Waals surface area contributed by atoms with Crippen LogP contribution in [0.15, 0.2) is 40.9 Å². The summed E-state index contributed by atoms with van der Waals surface area (Å²) in [7, 11) is 0. The van der Waals surface area contributed by atoms with Crippen LogP contribution in [0.4, 0.5) is 10.1 Å². The first-order valence-corrected chi connectivity index (χ1v) is 6.98. The number of thiocarbonyl (C=S) groups is 1. The molecule has 0 fully saturated rings. The number of benzene rings is 2. The molecule has 2 rings (SSSR count). The number of nitrogens with two attached hydrogens (primary N) is 1.